The molecular formula is C17H26N2O3. The fraction of sp³-hybridized carbons (Fsp3) is 0.588. The number of nitrogens with two attached hydrogens (primary N) is 1. The van der Waals surface area contributed by atoms with E-state index in [1.165, 1.54) is 0 Å². The monoisotopic (exact) mass is 306 g/mol. The summed E-state index contributed by atoms with van der Waals surface area (Å²) < 4.78 is 11.1. The first-order valence-electron chi connectivity index (χ1n) is 7.76. The molecule has 22 heavy (non-hydrogen) atoms. The molecule has 5 nitrogen and oxygen atoms in total. The van der Waals surface area contributed by atoms with Gasteiger partial charge in [0.2, 0.25) is 5.91 Å². The molecular weight excluding hydrogens is 280 g/mol. The lowest BCUT2D eigenvalue weighted by Crippen LogP contribution is -2.31. The number of amides is 1. The minimum atomic E-state index is -0.240. The first kappa shape index (κ1) is 16.8. The van der Waals surface area contributed by atoms with Crippen molar-refractivity contribution in [1.82, 2.24) is 4.90 Å². The number of ether oxygens (including phenoxy) is 2. The van der Waals surface area contributed by atoms with E-state index in [-0.39, 0.29) is 23.8 Å². The van der Waals surface area contributed by atoms with E-state index >= 15 is 0 Å². The van der Waals surface area contributed by atoms with Gasteiger partial charge in [0.15, 0.2) is 0 Å². The number of rotatable bonds is 7. The highest BCUT2D eigenvalue weighted by molar-refractivity contribution is 5.77. The van der Waals surface area contributed by atoms with Crippen LogP contribution in [-0.4, -0.2) is 43.7 Å². The van der Waals surface area contributed by atoms with Crippen molar-refractivity contribution >= 4 is 5.91 Å². The molecule has 1 aliphatic rings. The summed E-state index contributed by atoms with van der Waals surface area (Å²) in [5.74, 6) is 0.693. The van der Waals surface area contributed by atoms with Gasteiger partial charge in [-0.2, -0.15) is 0 Å². The van der Waals surface area contributed by atoms with Gasteiger partial charge in [0, 0.05) is 38.2 Å². The van der Waals surface area contributed by atoms with Crippen LogP contribution in [0.3, 0.4) is 0 Å². The highest BCUT2D eigenvalue weighted by Gasteiger charge is 2.36. The van der Waals surface area contributed by atoms with Crippen LogP contribution in [0.2, 0.25) is 0 Å². The zero-order valence-corrected chi connectivity index (χ0v) is 13.6. The normalized spacial score (nSPS) is 22.2. The van der Waals surface area contributed by atoms with Gasteiger partial charge < -0.3 is 15.2 Å². The Morgan fingerprint density at radius 1 is 1.36 bits per heavy atom. The molecule has 0 spiro atoms. The quantitative estimate of drug-likeness (QED) is 0.832. The number of para-hydroxylation sites is 1. The van der Waals surface area contributed by atoms with E-state index in [9.17, 15) is 4.79 Å². The first-order valence-corrected chi connectivity index (χ1v) is 7.76. The van der Waals surface area contributed by atoms with Gasteiger partial charge in [-0.05, 0) is 19.9 Å². The molecule has 122 valence electrons. The van der Waals surface area contributed by atoms with Crippen LogP contribution in [0, 0.1) is 11.8 Å². The molecule has 0 saturated carbocycles. The van der Waals surface area contributed by atoms with Gasteiger partial charge in [-0.3, -0.25) is 9.69 Å². The molecule has 2 rings (SSSR count). The van der Waals surface area contributed by atoms with Crippen LogP contribution in [0.15, 0.2) is 24.3 Å². The summed E-state index contributed by atoms with van der Waals surface area (Å²) in [6.45, 7) is 6.85. The van der Waals surface area contributed by atoms with Crippen molar-refractivity contribution < 1.29 is 14.3 Å². The van der Waals surface area contributed by atoms with Crippen LogP contribution in [0.25, 0.3) is 0 Å². The number of hydrogen-bond donors (Lipinski definition) is 1. The van der Waals surface area contributed by atoms with Crippen LogP contribution in [0.4, 0.5) is 0 Å². The Labute approximate surface area is 132 Å². The van der Waals surface area contributed by atoms with Crippen molar-refractivity contribution in [3.8, 4) is 5.75 Å². The molecule has 1 heterocycles. The van der Waals surface area contributed by atoms with E-state index in [0.717, 1.165) is 24.4 Å². The maximum atomic E-state index is 11.6. The summed E-state index contributed by atoms with van der Waals surface area (Å²) in [7, 11) is 1.66. The summed E-state index contributed by atoms with van der Waals surface area (Å²) in [6.07, 6.45) is 0.138. The third-order valence-electron chi connectivity index (χ3n) is 3.99. The van der Waals surface area contributed by atoms with E-state index in [0.29, 0.717) is 13.2 Å². The van der Waals surface area contributed by atoms with Gasteiger partial charge in [-0.25, -0.2) is 0 Å². The molecule has 2 N–H and O–H groups in total. The summed E-state index contributed by atoms with van der Waals surface area (Å²) in [4.78, 5) is 13.9. The lowest BCUT2D eigenvalue weighted by Gasteiger charge is -2.19. The van der Waals surface area contributed by atoms with E-state index in [1.54, 1.807) is 7.11 Å². The fourth-order valence-electron chi connectivity index (χ4n) is 3.04. The average Bonchev–Trinajstić information content (AvgIpc) is 2.84. The smallest absolute Gasteiger partial charge is 0.222 e. The number of hydrogen-bond acceptors (Lipinski definition) is 4. The third kappa shape index (κ3) is 4.21. The van der Waals surface area contributed by atoms with Crippen molar-refractivity contribution in [1.29, 1.82) is 0 Å². The Kier molecular flexibility index (Phi) is 5.80. The van der Waals surface area contributed by atoms with Crippen molar-refractivity contribution in [3.05, 3.63) is 29.8 Å². The molecule has 1 aromatic carbocycles. The van der Waals surface area contributed by atoms with Crippen LogP contribution >= 0.6 is 0 Å². The van der Waals surface area contributed by atoms with Gasteiger partial charge in [0.1, 0.15) is 5.75 Å². The predicted molar refractivity (Wildman–Crippen MR) is 85.5 cm³/mol. The number of likely N-dealkylation sites (tertiary alicyclic amines) is 1. The Bertz CT molecular complexity index is 504. The molecule has 0 bridgehead atoms. The molecule has 0 unspecified atom stereocenters. The summed E-state index contributed by atoms with van der Waals surface area (Å²) in [5, 5.41) is 0. The van der Waals surface area contributed by atoms with Crippen LogP contribution < -0.4 is 10.5 Å². The second-order valence-electron chi connectivity index (χ2n) is 6.19. The molecule has 1 saturated heterocycles. The van der Waals surface area contributed by atoms with E-state index < -0.39 is 0 Å². The van der Waals surface area contributed by atoms with Gasteiger partial charge in [0.25, 0.3) is 0 Å². The number of carbonyl (C=O) groups is 1. The van der Waals surface area contributed by atoms with E-state index in [2.05, 4.69) is 11.0 Å². The Morgan fingerprint density at radius 2 is 2.09 bits per heavy atom. The topological polar surface area (TPSA) is 64.8 Å². The summed E-state index contributed by atoms with van der Waals surface area (Å²) in [5.41, 5.74) is 6.66. The number of methoxy groups -OCH3 is 1. The Morgan fingerprint density at radius 3 is 2.73 bits per heavy atom. The van der Waals surface area contributed by atoms with E-state index in [4.69, 9.17) is 15.2 Å². The molecule has 1 fully saturated rings. The zero-order chi connectivity index (χ0) is 16.1. The Hall–Kier alpha value is -1.59. The van der Waals surface area contributed by atoms with Crippen molar-refractivity contribution in [2.45, 2.75) is 26.5 Å². The van der Waals surface area contributed by atoms with Gasteiger partial charge >= 0.3 is 0 Å². The molecule has 2 atom stereocenters. The van der Waals surface area contributed by atoms with Crippen LogP contribution in [-0.2, 0) is 16.1 Å². The third-order valence-corrected chi connectivity index (χ3v) is 3.99. The lowest BCUT2D eigenvalue weighted by atomic mass is 9.96. The van der Waals surface area contributed by atoms with Crippen LogP contribution in [0.1, 0.15) is 19.4 Å². The number of carbonyl (C=O) groups excluding carboxylic acids is 1. The number of primary amides is 1. The minimum Gasteiger partial charge on any atom is -0.491 e. The zero-order valence-electron chi connectivity index (χ0n) is 13.6. The highest BCUT2D eigenvalue weighted by Crippen LogP contribution is 2.28. The van der Waals surface area contributed by atoms with Gasteiger partial charge in [-0.1, -0.05) is 18.2 Å². The second-order valence-corrected chi connectivity index (χ2v) is 6.19. The van der Waals surface area contributed by atoms with E-state index in [1.807, 2.05) is 32.0 Å². The first-order chi connectivity index (χ1) is 10.5. The molecule has 1 aliphatic heterocycles. The van der Waals surface area contributed by atoms with Crippen molar-refractivity contribution in [2.75, 3.05) is 26.8 Å². The van der Waals surface area contributed by atoms with Gasteiger partial charge in [-0.15, -0.1) is 0 Å². The molecule has 0 radical (unpaired) electrons. The van der Waals surface area contributed by atoms with Crippen molar-refractivity contribution in [2.24, 2.45) is 17.6 Å². The van der Waals surface area contributed by atoms with Crippen LogP contribution in [0.5, 0.6) is 5.75 Å². The molecule has 0 aromatic heterocycles. The largest absolute Gasteiger partial charge is 0.491 e. The molecule has 1 aromatic rings. The fourth-order valence-corrected chi connectivity index (χ4v) is 3.04. The maximum Gasteiger partial charge on any atom is 0.222 e. The SMILES string of the molecule is COC[C@@H]1CN(Cc2ccccc2OC(C)C)C[C@H]1C(N)=O. The second kappa shape index (κ2) is 7.61. The molecule has 5 heteroatoms. The predicted octanol–water partition coefficient (Wildman–Crippen LogP) is 1.65. The lowest BCUT2D eigenvalue weighted by molar-refractivity contribution is -0.123. The molecule has 1 amide bonds. The standard InChI is InChI=1S/C17H26N2O3/c1-12(2)22-16-7-5-4-6-13(16)8-19-9-14(11-21-3)15(10-19)17(18)20/h4-7,12,14-15H,8-11H2,1-3H3,(H2,18,20)/t14-,15+/m0/s1. The summed E-state index contributed by atoms with van der Waals surface area (Å²) in [6, 6.07) is 8.05. The highest BCUT2D eigenvalue weighted by atomic mass is 16.5. The Balaban J connectivity index is 2.07. The average molecular weight is 306 g/mol. The number of benzene rings is 1. The summed E-state index contributed by atoms with van der Waals surface area (Å²) >= 11 is 0. The van der Waals surface area contributed by atoms with Gasteiger partial charge in [0.05, 0.1) is 18.6 Å². The van der Waals surface area contributed by atoms with Crippen molar-refractivity contribution in [3.63, 3.8) is 0 Å². The number of nitrogens with zero attached hydrogens (tertiary/aromatic N) is 1. The maximum absolute atomic E-state index is 11.6. The molecule has 0 aliphatic carbocycles. The minimum absolute atomic E-state index is 0.138.